The van der Waals surface area contributed by atoms with Gasteiger partial charge in [0.2, 0.25) is 5.91 Å². The van der Waals surface area contributed by atoms with Crippen molar-refractivity contribution in [2.75, 3.05) is 48.8 Å². The third-order valence-corrected chi connectivity index (χ3v) is 6.09. The first-order valence-electron chi connectivity index (χ1n) is 10.8. The van der Waals surface area contributed by atoms with Gasteiger partial charge in [-0.25, -0.2) is 0 Å². The first kappa shape index (κ1) is 21.2. The Balaban J connectivity index is 1.37. The number of nitrogens with one attached hydrogen (secondary N) is 1. The Labute approximate surface area is 183 Å². The van der Waals surface area contributed by atoms with E-state index in [2.05, 4.69) is 29.2 Å². The summed E-state index contributed by atoms with van der Waals surface area (Å²) in [5, 5.41) is 2.91. The van der Waals surface area contributed by atoms with Crippen molar-refractivity contribution in [2.45, 2.75) is 31.9 Å². The lowest BCUT2D eigenvalue weighted by molar-refractivity contribution is -0.127. The van der Waals surface area contributed by atoms with Crippen molar-refractivity contribution in [2.24, 2.45) is 0 Å². The van der Waals surface area contributed by atoms with Gasteiger partial charge in [-0.3, -0.25) is 14.5 Å². The highest BCUT2D eigenvalue weighted by Gasteiger charge is 2.32. The molecule has 0 spiro atoms. The van der Waals surface area contributed by atoms with E-state index in [-0.39, 0.29) is 18.4 Å². The molecule has 7 nitrogen and oxygen atoms in total. The predicted octanol–water partition coefficient (Wildman–Crippen LogP) is 2.97. The summed E-state index contributed by atoms with van der Waals surface area (Å²) < 4.78 is 5.63. The quantitative estimate of drug-likeness (QED) is 0.803. The van der Waals surface area contributed by atoms with Crippen LogP contribution in [0.1, 0.15) is 19.8 Å². The van der Waals surface area contributed by atoms with E-state index in [9.17, 15) is 9.59 Å². The molecule has 1 N–H and O–H groups in total. The normalized spacial score (nSPS) is 19.2. The Bertz CT molecular complexity index is 936. The molecule has 1 atom stereocenters. The second-order valence-electron chi connectivity index (χ2n) is 8.43. The van der Waals surface area contributed by atoms with E-state index >= 15 is 0 Å². The monoisotopic (exact) mass is 422 g/mol. The molecule has 2 aliphatic heterocycles. The van der Waals surface area contributed by atoms with Crippen LogP contribution in [0, 0.1) is 0 Å². The van der Waals surface area contributed by atoms with Crippen LogP contribution in [0.15, 0.2) is 48.5 Å². The molecule has 0 unspecified atom stereocenters. The number of benzene rings is 2. The zero-order valence-corrected chi connectivity index (χ0v) is 18.4. The minimum Gasteiger partial charge on any atom is -0.479 e. The lowest BCUT2D eigenvalue weighted by atomic mass is 10.0. The van der Waals surface area contributed by atoms with Gasteiger partial charge in [-0.15, -0.1) is 0 Å². The Kier molecular flexibility index (Phi) is 6.13. The summed E-state index contributed by atoms with van der Waals surface area (Å²) in [4.78, 5) is 31.4. The number of hydrogen-bond donors (Lipinski definition) is 1. The third kappa shape index (κ3) is 4.66. The van der Waals surface area contributed by atoms with Gasteiger partial charge >= 0.3 is 0 Å². The highest BCUT2D eigenvalue weighted by Crippen LogP contribution is 2.33. The van der Waals surface area contributed by atoms with Gasteiger partial charge in [0.05, 0.1) is 5.69 Å². The number of rotatable bonds is 5. The van der Waals surface area contributed by atoms with Crippen LogP contribution in [0.2, 0.25) is 0 Å². The number of carbonyl (C=O) groups is 2. The molecule has 0 saturated carbocycles. The zero-order chi connectivity index (χ0) is 22.0. The summed E-state index contributed by atoms with van der Waals surface area (Å²) in [6, 6.07) is 15.9. The molecule has 1 saturated heterocycles. The number of fused-ring (bicyclic) bond motifs is 1. The summed E-state index contributed by atoms with van der Waals surface area (Å²) in [5.74, 6) is 0.159. The van der Waals surface area contributed by atoms with Crippen molar-refractivity contribution in [1.82, 2.24) is 4.90 Å². The number of ether oxygens (including phenoxy) is 1. The molecule has 0 aromatic heterocycles. The zero-order valence-electron chi connectivity index (χ0n) is 18.4. The van der Waals surface area contributed by atoms with Gasteiger partial charge in [-0.05, 0) is 70.3 Å². The van der Waals surface area contributed by atoms with Gasteiger partial charge < -0.3 is 19.9 Å². The van der Waals surface area contributed by atoms with E-state index in [4.69, 9.17) is 4.74 Å². The van der Waals surface area contributed by atoms with Crippen LogP contribution in [0.5, 0.6) is 5.75 Å². The van der Waals surface area contributed by atoms with Gasteiger partial charge in [-0.2, -0.15) is 0 Å². The molecule has 1 fully saturated rings. The van der Waals surface area contributed by atoms with Crippen LogP contribution < -0.4 is 19.9 Å². The maximum atomic E-state index is 12.7. The van der Waals surface area contributed by atoms with E-state index in [0.717, 1.165) is 31.6 Å². The number of carbonyl (C=O) groups excluding carboxylic acids is 2. The average Bonchev–Trinajstić information content (AvgIpc) is 2.77. The Hall–Kier alpha value is -3.06. The van der Waals surface area contributed by atoms with Gasteiger partial charge in [0, 0.05) is 30.5 Å². The summed E-state index contributed by atoms with van der Waals surface area (Å²) in [6.07, 6.45) is 1.69. The fourth-order valence-corrected chi connectivity index (χ4v) is 4.26. The maximum Gasteiger partial charge on any atom is 0.268 e. The average molecular weight is 423 g/mol. The summed E-state index contributed by atoms with van der Waals surface area (Å²) in [7, 11) is 4.28. The van der Waals surface area contributed by atoms with Gasteiger partial charge in [0.25, 0.3) is 5.91 Å². The van der Waals surface area contributed by atoms with Crippen molar-refractivity contribution < 1.29 is 14.3 Å². The number of anilines is 3. The van der Waals surface area contributed by atoms with E-state index < -0.39 is 6.10 Å². The second kappa shape index (κ2) is 8.98. The number of para-hydroxylation sites is 2. The minimum absolute atomic E-state index is 0.0522. The Morgan fingerprint density at radius 1 is 1.10 bits per heavy atom. The van der Waals surface area contributed by atoms with Crippen molar-refractivity contribution in [1.29, 1.82) is 0 Å². The van der Waals surface area contributed by atoms with Crippen molar-refractivity contribution in [3.8, 4) is 5.75 Å². The Morgan fingerprint density at radius 2 is 1.77 bits per heavy atom. The largest absolute Gasteiger partial charge is 0.479 e. The molecule has 2 aromatic carbocycles. The fourth-order valence-electron chi connectivity index (χ4n) is 4.26. The highest BCUT2D eigenvalue weighted by molar-refractivity contribution is 6.06. The van der Waals surface area contributed by atoms with Crippen molar-refractivity contribution in [3.63, 3.8) is 0 Å². The molecule has 0 radical (unpaired) electrons. The highest BCUT2D eigenvalue weighted by atomic mass is 16.5. The summed E-state index contributed by atoms with van der Waals surface area (Å²) >= 11 is 0. The second-order valence-corrected chi connectivity index (χ2v) is 8.43. The lowest BCUT2D eigenvalue weighted by Crippen LogP contribution is -2.47. The fraction of sp³-hybridized carbons (Fsp3) is 0.417. The molecule has 2 heterocycles. The lowest BCUT2D eigenvalue weighted by Gasteiger charge is -2.36. The van der Waals surface area contributed by atoms with Crippen LogP contribution in [0.3, 0.4) is 0 Å². The number of nitrogens with zero attached hydrogens (tertiary/aromatic N) is 3. The smallest absolute Gasteiger partial charge is 0.268 e. The molecular formula is C24H30N4O3. The summed E-state index contributed by atoms with van der Waals surface area (Å²) in [6.45, 7) is 3.71. The topological polar surface area (TPSA) is 65.1 Å². The molecule has 2 amide bonds. The molecule has 31 heavy (non-hydrogen) atoms. The van der Waals surface area contributed by atoms with E-state index in [1.54, 1.807) is 13.0 Å². The molecule has 164 valence electrons. The SMILES string of the molecule is C[C@H]1Oc2ccccc2N(CC(=O)Nc2ccc(N3CCC(N(C)C)CC3)cc2)C1=O. The molecule has 2 aliphatic rings. The summed E-state index contributed by atoms with van der Waals surface area (Å²) in [5.41, 5.74) is 2.51. The first-order chi connectivity index (χ1) is 14.9. The first-order valence-corrected chi connectivity index (χ1v) is 10.8. The van der Waals surface area contributed by atoms with E-state index in [1.165, 1.54) is 10.6 Å². The minimum atomic E-state index is -0.612. The predicted molar refractivity (Wildman–Crippen MR) is 123 cm³/mol. The molecular weight excluding hydrogens is 392 g/mol. The van der Waals surface area contributed by atoms with Gasteiger partial charge in [-0.1, -0.05) is 12.1 Å². The molecule has 2 aromatic rings. The molecule has 0 aliphatic carbocycles. The van der Waals surface area contributed by atoms with E-state index in [1.807, 2.05) is 42.5 Å². The van der Waals surface area contributed by atoms with Crippen LogP contribution in [0.4, 0.5) is 17.1 Å². The van der Waals surface area contributed by atoms with E-state index in [0.29, 0.717) is 17.5 Å². The number of amides is 2. The van der Waals surface area contributed by atoms with Crippen LogP contribution in [0.25, 0.3) is 0 Å². The van der Waals surface area contributed by atoms with Crippen molar-refractivity contribution >= 4 is 28.9 Å². The third-order valence-electron chi connectivity index (χ3n) is 6.09. The van der Waals surface area contributed by atoms with Crippen molar-refractivity contribution in [3.05, 3.63) is 48.5 Å². The van der Waals surface area contributed by atoms with Gasteiger partial charge in [0.15, 0.2) is 6.10 Å². The van der Waals surface area contributed by atoms with Gasteiger partial charge in [0.1, 0.15) is 12.3 Å². The Morgan fingerprint density at radius 3 is 2.45 bits per heavy atom. The molecule has 4 rings (SSSR count). The van der Waals surface area contributed by atoms with Crippen LogP contribution >= 0.6 is 0 Å². The standard InChI is InChI=1S/C24H30N4O3/c1-17-24(30)28(21-6-4-5-7-22(21)31-17)16-23(29)25-18-8-10-20(11-9-18)27-14-12-19(13-15-27)26(2)3/h4-11,17,19H,12-16H2,1-3H3,(H,25,29)/t17-/m1/s1. The van der Waals surface area contributed by atoms with Crippen LogP contribution in [-0.2, 0) is 9.59 Å². The number of piperidine rings is 1. The van der Waals surface area contributed by atoms with Crippen LogP contribution in [-0.4, -0.2) is 62.6 Å². The molecule has 7 heteroatoms. The molecule has 0 bridgehead atoms. The maximum absolute atomic E-state index is 12.7. The number of hydrogen-bond acceptors (Lipinski definition) is 5.